The molecule has 0 spiro atoms. The number of aromatic nitrogens is 4. The highest BCUT2D eigenvalue weighted by atomic mass is 32.1. The molecule has 0 saturated carbocycles. The van der Waals surface area contributed by atoms with Gasteiger partial charge in [-0.1, -0.05) is 0 Å². The van der Waals surface area contributed by atoms with Crippen molar-refractivity contribution in [2.24, 2.45) is 0 Å². The van der Waals surface area contributed by atoms with Crippen LogP contribution in [0.4, 0.5) is 0 Å². The molecule has 19 heavy (non-hydrogen) atoms. The predicted octanol–water partition coefficient (Wildman–Crippen LogP) is 1.48. The minimum atomic E-state index is 0.661. The third-order valence-corrected chi connectivity index (χ3v) is 3.50. The highest BCUT2D eigenvalue weighted by molar-refractivity contribution is 7.15. The van der Waals surface area contributed by atoms with Crippen LogP contribution < -0.4 is 10.1 Å². The molecule has 3 aromatic heterocycles. The van der Waals surface area contributed by atoms with E-state index in [9.17, 15) is 0 Å². The minimum Gasteiger partial charge on any atom is -0.480 e. The summed E-state index contributed by atoms with van der Waals surface area (Å²) in [5.74, 6) is 0.665. The first-order valence-electron chi connectivity index (χ1n) is 5.84. The molecule has 0 aromatic carbocycles. The fourth-order valence-electron chi connectivity index (χ4n) is 1.87. The lowest BCUT2D eigenvalue weighted by molar-refractivity contribution is 0.392. The maximum atomic E-state index is 5.30. The Labute approximate surface area is 114 Å². The van der Waals surface area contributed by atoms with E-state index in [0.717, 1.165) is 16.3 Å². The molecule has 0 unspecified atom stereocenters. The summed E-state index contributed by atoms with van der Waals surface area (Å²) < 4.78 is 7.33. The van der Waals surface area contributed by atoms with E-state index in [1.54, 1.807) is 24.6 Å². The van der Waals surface area contributed by atoms with Crippen molar-refractivity contribution in [2.45, 2.75) is 13.1 Å². The van der Waals surface area contributed by atoms with E-state index in [1.807, 2.05) is 28.1 Å². The first kappa shape index (κ1) is 12.1. The van der Waals surface area contributed by atoms with Crippen LogP contribution in [0.15, 0.2) is 29.9 Å². The third-order valence-electron chi connectivity index (χ3n) is 2.74. The number of rotatable bonds is 5. The number of hydrogen-bond donors (Lipinski definition) is 1. The summed E-state index contributed by atoms with van der Waals surface area (Å²) in [7, 11) is 1.64. The molecule has 3 aromatic rings. The molecule has 0 fully saturated rings. The zero-order chi connectivity index (χ0) is 13.1. The Hall–Kier alpha value is -1.99. The molecule has 0 saturated heterocycles. The summed E-state index contributed by atoms with van der Waals surface area (Å²) in [6, 6.07) is 3.81. The summed E-state index contributed by atoms with van der Waals surface area (Å²) >= 11 is 1.59. The predicted molar refractivity (Wildman–Crippen MR) is 72.2 cm³/mol. The second-order valence-electron chi connectivity index (χ2n) is 3.94. The van der Waals surface area contributed by atoms with Gasteiger partial charge in [0.25, 0.3) is 0 Å². The fraction of sp³-hybridized carbons (Fsp3) is 0.250. The van der Waals surface area contributed by atoms with Crippen LogP contribution in [0.5, 0.6) is 5.88 Å². The molecular formula is C12H13N5OS. The van der Waals surface area contributed by atoms with E-state index in [4.69, 9.17) is 4.74 Å². The van der Waals surface area contributed by atoms with Crippen LogP contribution in [0.1, 0.15) is 11.4 Å². The largest absolute Gasteiger partial charge is 0.480 e. The van der Waals surface area contributed by atoms with Gasteiger partial charge in [0.05, 0.1) is 12.8 Å². The molecule has 0 amide bonds. The number of imidazole rings is 1. The summed E-state index contributed by atoms with van der Waals surface area (Å²) in [5.41, 5.74) is 1.93. The quantitative estimate of drug-likeness (QED) is 0.764. The number of nitrogens with one attached hydrogen (secondary N) is 1. The van der Waals surface area contributed by atoms with Gasteiger partial charge in [0.15, 0.2) is 4.96 Å². The Bertz CT molecular complexity index is 663. The van der Waals surface area contributed by atoms with Gasteiger partial charge in [0.2, 0.25) is 5.88 Å². The molecule has 0 atom stereocenters. The standard InChI is InChI=1S/C12H13N5OS/c1-18-11-10(17-5-6-19-12(17)15-11)8-13-7-9-3-2-4-14-16-9/h2-6,13H,7-8H2,1H3. The lowest BCUT2D eigenvalue weighted by atomic mass is 10.3. The second kappa shape index (κ2) is 5.33. The minimum absolute atomic E-state index is 0.661. The Balaban J connectivity index is 1.72. The van der Waals surface area contributed by atoms with Crippen LogP contribution in [-0.4, -0.2) is 26.7 Å². The van der Waals surface area contributed by atoms with E-state index < -0.39 is 0 Å². The molecule has 0 aliphatic heterocycles. The van der Waals surface area contributed by atoms with E-state index in [-0.39, 0.29) is 0 Å². The van der Waals surface area contributed by atoms with Gasteiger partial charge in [-0.05, 0) is 12.1 Å². The van der Waals surface area contributed by atoms with Crippen LogP contribution >= 0.6 is 11.3 Å². The van der Waals surface area contributed by atoms with Crippen molar-refractivity contribution in [3.05, 3.63) is 41.3 Å². The molecule has 0 aliphatic carbocycles. The Morgan fingerprint density at radius 2 is 2.37 bits per heavy atom. The maximum Gasteiger partial charge on any atom is 0.237 e. The van der Waals surface area contributed by atoms with Gasteiger partial charge in [-0.2, -0.15) is 15.2 Å². The smallest absolute Gasteiger partial charge is 0.237 e. The van der Waals surface area contributed by atoms with Crippen molar-refractivity contribution in [3.63, 3.8) is 0 Å². The van der Waals surface area contributed by atoms with E-state index >= 15 is 0 Å². The van der Waals surface area contributed by atoms with Crippen molar-refractivity contribution >= 4 is 16.3 Å². The first-order valence-corrected chi connectivity index (χ1v) is 6.72. The number of fused-ring (bicyclic) bond motifs is 1. The number of ether oxygens (including phenoxy) is 1. The summed E-state index contributed by atoms with van der Waals surface area (Å²) in [4.78, 5) is 5.35. The number of thiazole rings is 1. The van der Waals surface area contributed by atoms with Crippen LogP contribution in [-0.2, 0) is 13.1 Å². The molecule has 3 rings (SSSR count). The van der Waals surface area contributed by atoms with Gasteiger partial charge < -0.3 is 10.1 Å². The van der Waals surface area contributed by atoms with Crippen LogP contribution in [0.3, 0.4) is 0 Å². The molecule has 98 valence electrons. The van der Waals surface area contributed by atoms with Gasteiger partial charge >= 0.3 is 0 Å². The Kier molecular flexibility index (Phi) is 3.39. The molecular weight excluding hydrogens is 262 g/mol. The van der Waals surface area contributed by atoms with E-state index in [1.165, 1.54) is 0 Å². The molecule has 6 nitrogen and oxygen atoms in total. The maximum absolute atomic E-state index is 5.30. The van der Waals surface area contributed by atoms with E-state index in [2.05, 4.69) is 20.5 Å². The van der Waals surface area contributed by atoms with Crippen molar-refractivity contribution in [2.75, 3.05) is 7.11 Å². The average molecular weight is 275 g/mol. The van der Waals surface area contributed by atoms with Gasteiger partial charge in [0.1, 0.15) is 5.69 Å². The zero-order valence-corrected chi connectivity index (χ0v) is 11.2. The highest BCUT2D eigenvalue weighted by Gasteiger charge is 2.12. The van der Waals surface area contributed by atoms with E-state index in [0.29, 0.717) is 19.0 Å². The van der Waals surface area contributed by atoms with Gasteiger partial charge in [-0.3, -0.25) is 4.40 Å². The second-order valence-corrected chi connectivity index (χ2v) is 4.81. The van der Waals surface area contributed by atoms with Crippen LogP contribution in [0.2, 0.25) is 0 Å². The van der Waals surface area contributed by atoms with Gasteiger partial charge in [-0.25, -0.2) is 0 Å². The fourth-order valence-corrected chi connectivity index (χ4v) is 2.60. The summed E-state index contributed by atoms with van der Waals surface area (Å²) in [6.07, 6.45) is 3.66. The molecule has 0 bridgehead atoms. The number of hydrogen-bond acceptors (Lipinski definition) is 6. The molecule has 7 heteroatoms. The summed E-state index contributed by atoms with van der Waals surface area (Å²) in [5, 5.41) is 13.2. The lowest BCUT2D eigenvalue weighted by Crippen LogP contribution is -2.15. The van der Waals surface area contributed by atoms with Crippen molar-refractivity contribution in [3.8, 4) is 5.88 Å². The Morgan fingerprint density at radius 3 is 3.16 bits per heavy atom. The highest BCUT2D eigenvalue weighted by Crippen LogP contribution is 2.22. The lowest BCUT2D eigenvalue weighted by Gasteiger charge is -2.05. The molecule has 0 aliphatic rings. The van der Waals surface area contributed by atoms with Crippen LogP contribution in [0.25, 0.3) is 4.96 Å². The zero-order valence-electron chi connectivity index (χ0n) is 10.4. The first-order chi connectivity index (χ1) is 9.38. The molecule has 1 N–H and O–H groups in total. The SMILES string of the molecule is COc1nc2sccn2c1CNCc1cccnn1. The van der Waals surface area contributed by atoms with Gasteiger partial charge in [0, 0.05) is 30.9 Å². The number of nitrogens with zero attached hydrogens (tertiary/aromatic N) is 4. The van der Waals surface area contributed by atoms with Crippen LogP contribution in [0, 0.1) is 0 Å². The molecule has 3 heterocycles. The normalized spacial score (nSPS) is 11.0. The average Bonchev–Trinajstić information content (AvgIpc) is 3.02. The van der Waals surface area contributed by atoms with Gasteiger partial charge in [-0.15, -0.1) is 11.3 Å². The number of methoxy groups -OCH3 is 1. The Morgan fingerprint density at radius 1 is 1.42 bits per heavy atom. The van der Waals surface area contributed by atoms with Crippen molar-refractivity contribution < 1.29 is 4.74 Å². The topological polar surface area (TPSA) is 64.3 Å². The molecule has 0 radical (unpaired) electrons. The summed E-state index contributed by atoms with van der Waals surface area (Å²) in [6.45, 7) is 1.33. The monoisotopic (exact) mass is 275 g/mol. The third kappa shape index (κ3) is 2.42. The van der Waals surface area contributed by atoms with Crippen molar-refractivity contribution in [1.82, 2.24) is 24.9 Å². The van der Waals surface area contributed by atoms with Crippen molar-refractivity contribution in [1.29, 1.82) is 0 Å².